The van der Waals surface area contributed by atoms with Gasteiger partial charge in [-0.05, 0) is 49.6 Å². The topological polar surface area (TPSA) is 45.8 Å². The highest BCUT2D eigenvalue weighted by molar-refractivity contribution is 6.30. The zero-order valence-electron chi connectivity index (χ0n) is 11.5. The third-order valence-electron chi connectivity index (χ3n) is 3.48. The van der Waals surface area contributed by atoms with Crippen LogP contribution in [0.15, 0.2) is 35.1 Å². The van der Waals surface area contributed by atoms with Crippen molar-refractivity contribution in [3.63, 3.8) is 0 Å². The Bertz CT molecular complexity index is 724. The van der Waals surface area contributed by atoms with E-state index in [2.05, 4.69) is 6.07 Å². The fraction of sp³-hybridized carbons (Fsp3) is 0.250. The van der Waals surface area contributed by atoms with Crippen LogP contribution in [0.2, 0.25) is 5.02 Å². The lowest BCUT2D eigenvalue weighted by Gasteiger charge is -2.13. The average Bonchev–Trinajstić information content (AvgIpc) is 2.46. The number of pyridine rings is 1. The summed E-state index contributed by atoms with van der Waals surface area (Å²) in [4.78, 5) is 12.1. The van der Waals surface area contributed by atoms with Gasteiger partial charge in [0.05, 0.1) is 11.6 Å². The summed E-state index contributed by atoms with van der Waals surface area (Å²) in [5.41, 5.74) is 3.53. The van der Waals surface area contributed by atoms with Gasteiger partial charge < -0.3 is 4.57 Å². The van der Waals surface area contributed by atoms with Gasteiger partial charge in [-0.15, -0.1) is 0 Å². The largest absolute Gasteiger partial charge is 0.311 e. The number of nitriles is 1. The Hall–Kier alpha value is -2.05. The summed E-state index contributed by atoms with van der Waals surface area (Å²) in [5.74, 6) is 0. The maximum absolute atomic E-state index is 12.1. The third kappa shape index (κ3) is 2.92. The van der Waals surface area contributed by atoms with Gasteiger partial charge in [0.15, 0.2) is 0 Å². The van der Waals surface area contributed by atoms with E-state index in [1.807, 2.05) is 26.0 Å². The molecule has 0 fully saturated rings. The van der Waals surface area contributed by atoms with E-state index in [4.69, 9.17) is 16.9 Å². The van der Waals surface area contributed by atoms with E-state index in [1.54, 1.807) is 22.8 Å². The zero-order chi connectivity index (χ0) is 14.7. The minimum atomic E-state index is -0.150. The van der Waals surface area contributed by atoms with Crippen molar-refractivity contribution < 1.29 is 0 Å². The molecule has 0 N–H and O–H groups in total. The van der Waals surface area contributed by atoms with Crippen LogP contribution in [-0.4, -0.2) is 4.57 Å². The molecule has 0 radical (unpaired) electrons. The number of hydrogen-bond acceptors (Lipinski definition) is 2. The van der Waals surface area contributed by atoms with Crippen LogP contribution in [0.5, 0.6) is 0 Å². The van der Waals surface area contributed by atoms with Crippen LogP contribution < -0.4 is 5.56 Å². The Morgan fingerprint density at radius 3 is 2.50 bits per heavy atom. The van der Waals surface area contributed by atoms with Gasteiger partial charge >= 0.3 is 0 Å². The number of halogens is 1. The maximum atomic E-state index is 12.1. The fourth-order valence-electron chi connectivity index (χ4n) is 2.11. The number of hydrogen-bond donors (Lipinski definition) is 0. The third-order valence-corrected chi connectivity index (χ3v) is 3.75. The summed E-state index contributed by atoms with van der Waals surface area (Å²) >= 11 is 5.94. The minimum absolute atomic E-state index is 0.150. The van der Waals surface area contributed by atoms with Crippen molar-refractivity contribution in [2.75, 3.05) is 0 Å². The number of rotatable bonds is 3. The first-order valence-corrected chi connectivity index (χ1v) is 6.76. The van der Waals surface area contributed by atoms with Crippen molar-refractivity contribution in [1.82, 2.24) is 4.57 Å². The lowest BCUT2D eigenvalue weighted by Crippen LogP contribution is -2.24. The van der Waals surface area contributed by atoms with Crippen LogP contribution in [0.4, 0.5) is 0 Å². The van der Waals surface area contributed by atoms with Gasteiger partial charge in [0.2, 0.25) is 0 Å². The second kappa shape index (κ2) is 5.94. The summed E-state index contributed by atoms with van der Waals surface area (Å²) in [6.07, 6.45) is 0.728. The molecule has 2 rings (SSSR count). The SMILES string of the molecule is Cc1cc(Cl)c(=O)n(CCc2ccc(C#N)cc2)c1C. The van der Waals surface area contributed by atoms with Gasteiger partial charge in [0, 0.05) is 12.2 Å². The Labute approximate surface area is 123 Å². The Morgan fingerprint density at radius 1 is 1.25 bits per heavy atom. The zero-order valence-corrected chi connectivity index (χ0v) is 12.2. The predicted molar refractivity (Wildman–Crippen MR) is 80.0 cm³/mol. The molecule has 0 atom stereocenters. The predicted octanol–water partition coefficient (Wildman–Crippen LogP) is 3.23. The van der Waals surface area contributed by atoms with Crippen LogP contribution in [0.3, 0.4) is 0 Å². The molecule has 1 aromatic carbocycles. The molecule has 0 spiro atoms. The van der Waals surface area contributed by atoms with Crippen molar-refractivity contribution in [3.05, 3.63) is 68.1 Å². The summed E-state index contributed by atoms with van der Waals surface area (Å²) in [6, 6.07) is 11.2. The molecule has 1 aromatic heterocycles. The first-order valence-electron chi connectivity index (χ1n) is 6.38. The van der Waals surface area contributed by atoms with Gasteiger partial charge in [0.25, 0.3) is 5.56 Å². The molecule has 0 unspecified atom stereocenters. The molecule has 2 aromatic rings. The first-order chi connectivity index (χ1) is 9.52. The van der Waals surface area contributed by atoms with Crippen molar-refractivity contribution in [1.29, 1.82) is 5.26 Å². The standard InChI is InChI=1S/C16H15ClN2O/c1-11-9-15(17)16(20)19(12(11)2)8-7-13-3-5-14(10-18)6-4-13/h3-6,9H,7-8H2,1-2H3. The normalized spacial score (nSPS) is 10.3. The highest BCUT2D eigenvalue weighted by Crippen LogP contribution is 2.12. The molecule has 4 heteroatoms. The van der Waals surface area contributed by atoms with Crippen LogP contribution in [-0.2, 0) is 13.0 Å². The summed E-state index contributed by atoms with van der Waals surface area (Å²) in [6.45, 7) is 4.45. The van der Waals surface area contributed by atoms with Gasteiger partial charge in [-0.1, -0.05) is 23.7 Å². The van der Waals surface area contributed by atoms with Crippen LogP contribution >= 0.6 is 11.6 Å². The molecule has 3 nitrogen and oxygen atoms in total. The van der Waals surface area contributed by atoms with Gasteiger partial charge in [-0.3, -0.25) is 4.79 Å². The molecular weight excluding hydrogens is 272 g/mol. The van der Waals surface area contributed by atoms with E-state index < -0.39 is 0 Å². The molecule has 0 aliphatic heterocycles. The van der Waals surface area contributed by atoms with Crippen molar-refractivity contribution in [2.45, 2.75) is 26.8 Å². The van der Waals surface area contributed by atoms with E-state index in [9.17, 15) is 4.79 Å². The molecule has 20 heavy (non-hydrogen) atoms. The first kappa shape index (κ1) is 14.4. The van der Waals surface area contributed by atoms with Crippen molar-refractivity contribution in [3.8, 4) is 6.07 Å². The van der Waals surface area contributed by atoms with E-state index in [0.717, 1.165) is 23.2 Å². The number of benzene rings is 1. The quantitative estimate of drug-likeness (QED) is 0.869. The Morgan fingerprint density at radius 2 is 1.90 bits per heavy atom. The summed E-state index contributed by atoms with van der Waals surface area (Å²) in [7, 11) is 0. The minimum Gasteiger partial charge on any atom is -0.311 e. The van der Waals surface area contributed by atoms with Crippen LogP contribution in [0.25, 0.3) is 0 Å². The van der Waals surface area contributed by atoms with Gasteiger partial charge in [-0.2, -0.15) is 5.26 Å². The summed E-state index contributed by atoms with van der Waals surface area (Å²) < 4.78 is 1.70. The number of aromatic nitrogens is 1. The molecule has 0 aliphatic carbocycles. The van der Waals surface area contributed by atoms with E-state index in [1.165, 1.54) is 0 Å². The van der Waals surface area contributed by atoms with E-state index in [-0.39, 0.29) is 10.6 Å². The lowest BCUT2D eigenvalue weighted by atomic mass is 10.1. The molecule has 0 amide bonds. The molecular formula is C16H15ClN2O. The smallest absolute Gasteiger partial charge is 0.269 e. The van der Waals surface area contributed by atoms with Crippen molar-refractivity contribution in [2.24, 2.45) is 0 Å². The fourth-order valence-corrected chi connectivity index (χ4v) is 2.37. The summed E-state index contributed by atoms with van der Waals surface area (Å²) in [5, 5.41) is 9.02. The lowest BCUT2D eigenvalue weighted by molar-refractivity contribution is 0.645. The maximum Gasteiger partial charge on any atom is 0.269 e. The molecule has 0 saturated carbocycles. The molecule has 0 bridgehead atoms. The Balaban J connectivity index is 2.23. The number of nitrogens with zero attached hydrogens (tertiary/aromatic N) is 2. The van der Waals surface area contributed by atoms with Gasteiger partial charge in [-0.25, -0.2) is 0 Å². The second-order valence-corrected chi connectivity index (χ2v) is 5.18. The second-order valence-electron chi connectivity index (χ2n) is 4.78. The van der Waals surface area contributed by atoms with Crippen LogP contribution in [0, 0.1) is 25.2 Å². The average molecular weight is 287 g/mol. The molecule has 0 saturated heterocycles. The highest BCUT2D eigenvalue weighted by Gasteiger charge is 2.08. The van der Waals surface area contributed by atoms with Crippen molar-refractivity contribution >= 4 is 11.6 Å². The van der Waals surface area contributed by atoms with E-state index in [0.29, 0.717) is 12.1 Å². The molecule has 102 valence electrons. The Kier molecular flexibility index (Phi) is 4.26. The van der Waals surface area contributed by atoms with Crippen LogP contribution in [0.1, 0.15) is 22.4 Å². The number of aryl methyl sites for hydroxylation is 2. The highest BCUT2D eigenvalue weighted by atomic mass is 35.5. The van der Waals surface area contributed by atoms with E-state index >= 15 is 0 Å². The van der Waals surface area contributed by atoms with Gasteiger partial charge in [0.1, 0.15) is 5.02 Å². The molecule has 1 heterocycles. The molecule has 0 aliphatic rings. The monoisotopic (exact) mass is 286 g/mol.